The Kier molecular flexibility index (Phi) is 5.51. The van der Waals surface area contributed by atoms with Crippen LogP contribution in [0, 0.1) is 0 Å². The van der Waals surface area contributed by atoms with Gasteiger partial charge in [0, 0.05) is 11.9 Å². The highest BCUT2D eigenvalue weighted by molar-refractivity contribution is 7.07. The normalized spacial score (nSPS) is 16.3. The lowest BCUT2D eigenvalue weighted by Gasteiger charge is -2.26. The molecule has 3 aromatic rings. The number of aromatic nitrogens is 1. The second-order valence-corrected chi connectivity index (χ2v) is 7.15. The van der Waals surface area contributed by atoms with Gasteiger partial charge in [0.1, 0.15) is 6.61 Å². The first-order chi connectivity index (χ1) is 13.3. The van der Waals surface area contributed by atoms with Gasteiger partial charge in [0.05, 0.1) is 24.4 Å². The van der Waals surface area contributed by atoms with E-state index in [2.05, 4.69) is 46.7 Å². The van der Waals surface area contributed by atoms with Crippen molar-refractivity contribution in [1.82, 2.24) is 10.3 Å². The van der Waals surface area contributed by atoms with Crippen LogP contribution in [-0.2, 0) is 13.0 Å². The van der Waals surface area contributed by atoms with E-state index < -0.39 is 0 Å². The van der Waals surface area contributed by atoms with Crippen LogP contribution in [0.2, 0.25) is 0 Å². The predicted octanol–water partition coefficient (Wildman–Crippen LogP) is 4.63. The van der Waals surface area contributed by atoms with E-state index in [-0.39, 0.29) is 6.04 Å². The molecule has 0 amide bonds. The highest BCUT2D eigenvalue weighted by Gasteiger charge is 2.21. The minimum Gasteiger partial charge on any atom is -0.493 e. The number of benzene rings is 2. The second-order valence-electron chi connectivity index (χ2n) is 6.43. The number of hydrogen-bond donors (Lipinski definition) is 1. The Labute approximate surface area is 163 Å². The van der Waals surface area contributed by atoms with Crippen molar-refractivity contribution in [3.63, 3.8) is 0 Å². The van der Waals surface area contributed by atoms with Crippen LogP contribution < -0.4 is 14.8 Å². The summed E-state index contributed by atoms with van der Waals surface area (Å²) in [5.74, 6) is 1.56. The van der Waals surface area contributed by atoms with Crippen LogP contribution in [0.25, 0.3) is 6.08 Å². The molecule has 4 nitrogen and oxygen atoms in total. The standard InChI is InChI=1S/C22H22N2O2S/c1-25-21-12-19-17(11-22(21)26-13-16-5-3-2-4-6-16)9-10-23-20(19)8-7-18-14-27-15-24-18/h2-8,11-12,14-15,20,23H,9-10,13H2,1H3/b8-7+. The average molecular weight is 378 g/mol. The van der Waals surface area contributed by atoms with Crippen LogP contribution in [0.3, 0.4) is 0 Å². The van der Waals surface area contributed by atoms with Gasteiger partial charge >= 0.3 is 0 Å². The summed E-state index contributed by atoms with van der Waals surface area (Å²) >= 11 is 1.60. The molecular formula is C22H22N2O2S. The minimum absolute atomic E-state index is 0.146. The van der Waals surface area contributed by atoms with Crippen molar-refractivity contribution in [3.8, 4) is 11.5 Å². The highest BCUT2D eigenvalue weighted by Crippen LogP contribution is 2.36. The van der Waals surface area contributed by atoms with Crippen molar-refractivity contribution in [2.75, 3.05) is 13.7 Å². The zero-order valence-electron chi connectivity index (χ0n) is 15.2. The predicted molar refractivity (Wildman–Crippen MR) is 109 cm³/mol. The number of nitrogens with one attached hydrogen (secondary N) is 1. The van der Waals surface area contributed by atoms with Crippen LogP contribution in [0.15, 0.2) is 59.4 Å². The van der Waals surface area contributed by atoms with E-state index in [0.717, 1.165) is 35.7 Å². The van der Waals surface area contributed by atoms with Crippen LogP contribution in [0.4, 0.5) is 0 Å². The molecule has 1 aliphatic heterocycles. The first-order valence-corrected chi connectivity index (χ1v) is 9.95. The van der Waals surface area contributed by atoms with E-state index >= 15 is 0 Å². The first kappa shape index (κ1) is 17.8. The number of methoxy groups -OCH3 is 1. The molecule has 1 aliphatic rings. The van der Waals surface area contributed by atoms with Gasteiger partial charge in [0.25, 0.3) is 0 Å². The van der Waals surface area contributed by atoms with Crippen LogP contribution in [0.5, 0.6) is 11.5 Å². The molecule has 2 aromatic carbocycles. The maximum atomic E-state index is 6.06. The molecule has 1 aromatic heterocycles. The molecule has 0 radical (unpaired) electrons. The van der Waals surface area contributed by atoms with E-state index in [0.29, 0.717) is 6.61 Å². The zero-order valence-corrected chi connectivity index (χ0v) is 16.0. The third-order valence-electron chi connectivity index (χ3n) is 4.67. The number of hydrogen-bond acceptors (Lipinski definition) is 5. The Morgan fingerprint density at radius 1 is 1.22 bits per heavy atom. The lowest BCUT2D eigenvalue weighted by atomic mass is 9.93. The maximum Gasteiger partial charge on any atom is 0.161 e. The molecule has 0 spiro atoms. The maximum absolute atomic E-state index is 6.06. The molecule has 1 unspecified atom stereocenters. The van der Waals surface area contributed by atoms with Crippen molar-refractivity contribution in [2.45, 2.75) is 19.1 Å². The topological polar surface area (TPSA) is 43.4 Å². The Balaban J connectivity index is 1.57. The molecule has 0 saturated heterocycles. The molecule has 0 saturated carbocycles. The van der Waals surface area contributed by atoms with E-state index in [1.54, 1.807) is 18.4 Å². The van der Waals surface area contributed by atoms with Crippen LogP contribution in [0.1, 0.15) is 28.4 Å². The molecule has 138 valence electrons. The summed E-state index contributed by atoms with van der Waals surface area (Å²) in [5, 5.41) is 5.60. The monoisotopic (exact) mass is 378 g/mol. The number of thiazole rings is 1. The Hall–Kier alpha value is -2.63. The Morgan fingerprint density at radius 2 is 2.11 bits per heavy atom. The molecule has 1 N–H and O–H groups in total. The van der Waals surface area contributed by atoms with Crippen molar-refractivity contribution in [1.29, 1.82) is 0 Å². The minimum atomic E-state index is 0.146. The van der Waals surface area contributed by atoms with Gasteiger partial charge in [-0.1, -0.05) is 36.4 Å². The van der Waals surface area contributed by atoms with Gasteiger partial charge in [-0.05, 0) is 41.3 Å². The zero-order chi connectivity index (χ0) is 18.5. The molecule has 0 fully saturated rings. The summed E-state index contributed by atoms with van der Waals surface area (Å²) in [4.78, 5) is 4.32. The molecule has 0 aliphatic carbocycles. The number of rotatable bonds is 6. The van der Waals surface area contributed by atoms with E-state index in [4.69, 9.17) is 9.47 Å². The Morgan fingerprint density at radius 3 is 2.89 bits per heavy atom. The number of nitrogens with zero attached hydrogens (tertiary/aromatic N) is 1. The van der Waals surface area contributed by atoms with Gasteiger partial charge in [0.15, 0.2) is 11.5 Å². The second kappa shape index (κ2) is 8.37. The van der Waals surface area contributed by atoms with Gasteiger partial charge in [-0.3, -0.25) is 0 Å². The van der Waals surface area contributed by atoms with E-state index in [1.165, 1.54) is 11.1 Å². The first-order valence-electron chi connectivity index (χ1n) is 9.01. The van der Waals surface area contributed by atoms with Crippen molar-refractivity contribution in [2.24, 2.45) is 0 Å². The highest BCUT2D eigenvalue weighted by atomic mass is 32.1. The average Bonchev–Trinajstić information content (AvgIpc) is 3.24. The molecule has 5 heteroatoms. The smallest absolute Gasteiger partial charge is 0.161 e. The Bertz CT molecular complexity index is 908. The molecular weight excluding hydrogens is 356 g/mol. The van der Waals surface area contributed by atoms with Crippen LogP contribution in [-0.4, -0.2) is 18.6 Å². The summed E-state index contributed by atoms with van der Waals surface area (Å²) < 4.78 is 11.7. The lowest BCUT2D eigenvalue weighted by molar-refractivity contribution is 0.283. The SMILES string of the molecule is COc1cc2c(cc1OCc1ccccc1)CCNC2/C=C/c1cscn1. The van der Waals surface area contributed by atoms with Gasteiger partial charge in [-0.25, -0.2) is 4.98 Å². The molecule has 0 bridgehead atoms. The third kappa shape index (κ3) is 4.21. The summed E-state index contributed by atoms with van der Waals surface area (Å²) in [7, 11) is 1.69. The quantitative estimate of drug-likeness (QED) is 0.679. The van der Waals surface area contributed by atoms with Gasteiger partial charge in [-0.15, -0.1) is 11.3 Å². The van der Waals surface area contributed by atoms with E-state index in [9.17, 15) is 0 Å². The van der Waals surface area contributed by atoms with Gasteiger partial charge in [-0.2, -0.15) is 0 Å². The van der Waals surface area contributed by atoms with Crippen LogP contribution >= 0.6 is 11.3 Å². The molecule has 27 heavy (non-hydrogen) atoms. The molecule has 2 heterocycles. The van der Waals surface area contributed by atoms with Crippen molar-refractivity contribution >= 4 is 17.4 Å². The fraction of sp³-hybridized carbons (Fsp3) is 0.227. The van der Waals surface area contributed by atoms with Crippen molar-refractivity contribution in [3.05, 3.63) is 81.8 Å². The fourth-order valence-electron chi connectivity index (χ4n) is 3.27. The molecule has 4 rings (SSSR count). The van der Waals surface area contributed by atoms with Crippen molar-refractivity contribution < 1.29 is 9.47 Å². The summed E-state index contributed by atoms with van der Waals surface area (Å²) in [6, 6.07) is 14.5. The number of ether oxygens (including phenoxy) is 2. The third-order valence-corrected chi connectivity index (χ3v) is 5.27. The van der Waals surface area contributed by atoms with E-state index in [1.807, 2.05) is 29.1 Å². The number of fused-ring (bicyclic) bond motifs is 1. The largest absolute Gasteiger partial charge is 0.493 e. The summed E-state index contributed by atoms with van der Waals surface area (Å²) in [5.41, 5.74) is 6.51. The fourth-order valence-corrected chi connectivity index (χ4v) is 3.80. The van der Waals surface area contributed by atoms with Gasteiger partial charge < -0.3 is 14.8 Å². The molecule has 1 atom stereocenters. The lowest BCUT2D eigenvalue weighted by Crippen LogP contribution is -2.28. The summed E-state index contributed by atoms with van der Waals surface area (Å²) in [6.07, 6.45) is 5.20. The van der Waals surface area contributed by atoms with Gasteiger partial charge in [0.2, 0.25) is 0 Å². The summed E-state index contributed by atoms with van der Waals surface area (Å²) in [6.45, 7) is 1.46.